The molecule has 24 nitrogen and oxygen atoms in total. The largest absolute Gasteiger partial charge is 0.370 e. The van der Waals surface area contributed by atoms with Crippen molar-refractivity contribution in [3.8, 4) is 0 Å². The van der Waals surface area contributed by atoms with Crippen molar-refractivity contribution in [2.45, 2.75) is 148 Å². The van der Waals surface area contributed by atoms with Crippen molar-refractivity contribution in [2.75, 3.05) is 6.54 Å². The van der Waals surface area contributed by atoms with Gasteiger partial charge in [0.05, 0.1) is 18.6 Å². The minimum absolute atomic E-state index is 0.0235. The van der Waals surface area contributed by atoms with Gasteiger partial charge in [-0.25, -0.2) is 4.99 Å². The summed E-state index contributed by atoms with van der Waals surface area (Å²) in [4.78, 5) is 145. The lowest BCUT2D eigenvalue weighted by molar-refractivity contribution is -0.135. The van der Waals surface area contributed by atoms with E-state index in [0.29, 0.717) is 5.56 Å². The quantitative estimate of drug-likeness (QED) is 0.0378. The van der Waals surface area contributed by atoms with Gasteiger partial charge >= 0.3 is 0 Å². The normalized spacial score (nSPS) is 16.0. The molecule has 0 aliphatic carbocycles. The van der Waals surface area contributed by atoms with Crippen LogP contribution in [0.2, 0.25) is 0 Å². The molecule has 24 heteroatoms. The van der Waals surface area contributed by atoms with Crippen molar-refractivity contribution in [1.29, 1.82) is 0 Å². The molecule has 9 atom stereocenters. The molecule has 77 heavy (non-hydrogen) atoms. The van der Waals surface area contributed by atoms with Crippen molar-refractivity contribution in [3.63, 3.8) is 0 Å². The van der Waals surface area contributed by atoms with Crippen molar-refractivity contribution in [3.05, 3.63) is 71.9 Å². The molecule has 0 fully saturated rings. The smallest absolute Gasteiger partial charge is 0.243 e. The number of aromatic amines is 1. The number of nitrogens with two attached hydrogens (primary N) is 3. The lowest BCUT2D eigenvalue weighted by atomic mass is 9.99. The molecule has 0 bridgehead atoms. The Morgan fingerprint density at radius 2 is 1.19 bits per heavy atom. The first-order valence-electron chi connectivity index (χ1n) is 25.8. The van der Waals surface area contributed by atoms with E-state index >= 15 is 0 Å². The molecule has 0 saturated carbocycles. The van der Waals surface area contributed by atoms with Crippen LogP contribution in [0, 0.1) is 17.8 Å². The standard InChI is InChI=1S/C53H76N14O10/c1-28(2)19-39(46(56)70)64-51(75)40(20-29(3)4)65-52(76)42(23-34-25-57-27-60-34)62-44(69)26-59-53(77)45(30(5)6)67-47(71)31(7)61-50(74)41(22-33-24-58-37-16-12-11-15-35(33)37)66-49(73)38(17-18-43(55)68)63-48(72)36(54)21-32-13-9-8-10-14-32/h8-16,24-25,27-31,34,36,38-42,45,58H,17-23,26,54H2,1-7H3,(H2,55,68)(H2,56,70)(H,59,77)(H,61,74)(H,62,69)(H,63,72)(H,64,75)(H,65,76)(H,66,73)(H,67,71)/t31-,34?,36+,38-,39-,40-,41-,42-,45-/m0/s1. The number of amides is 10. The summed E-state index contributed by atoms with van der Waals surface area (Å²) in [6.45, 7) is 11.4. The number of nitrogens with one attached hydrogen (secondary N) is 9. The van der Waals surface area contributed by atoms with Gasteiger partial charge in [0.2, 0.25) is 59.1 Å². The molecule has 0 radical (unpaired) electrons. The Labute approximate surface area is 447 Å². The summed E-state index contributed by atoms with van der Waals surface area (Å²) in [7, 11) is 0. The second-order valence-corrected chi connectivity index (χ2v) is 20.4. The highest BCUT2D eigenvalue weighted by atomic mass is 16.2. The summed E-state index contributed by atoms with van der Waals surface area (Å²) >= 11 is 0. The fourth-order valence-electron chi connectivity index (χ4n) is 8.37. The Morgan fingerprint density at radius 3 is 1.82 bits per heavy atom. The van der Waals surface area contributed by atoms with Crippen LogP contribution in [0.25, 0.3) is 10.9 Å². The maximum atomic E-state index is 14.2. The zero-order valence-corrected chi connectivity index (χ0v) is 44.7. The van der Waals surface area contributed by atoms with Crippen LogP contribution in [0.15, 0.2) is 70.8 Å². The predicted molar refractivity (Wildman–Crippen MR) is 289 cm³/mol. The van der Waals surface area contributed by atoms with Crippen molar-refractivity contribution < 1.29 is 47.9 Å². The van der Waals surface area contributed by atoms with E-state index in [9.17, 15) is 47.9 Å². The molecule has 418 valence electrons. The number of aliphatic imine (C=N–C) groups is 2. The fraction of sp³-hybridized carbons (Fsp3) is 0.509. The van der Waals surface area contributed by atoms with Gasteiger partial charge < -0.3 is 64.7 Å². The highest BCUT2D eigenvalue weighted by molar-refractivity contribution is 5.98. The first kappa shape index (κ1) is 61.5. The SMILES string of the molecule is CC(C)C[C@H](NC(=O)[C@H](CC(C)C)NC(=O)[C@H](CC1C=NC=N1)NC(=O)CNC(=O)[C@@H](NC(=O)[C@H](C)NC(=O)[C@H](Cc1c[nH]c2ccccc12)NC(=O)[C@H](CCC(N)=O)NC(=O)[C@H](N)Cc1ccccc1)C(C)C)C(N)=O. The molecule has 1 aliphatic rings. The van der Waals surface area contributed by atoms with Crippen LogP contribution in [0.4, 0.5) is 0 Å². The van der Waals surface area contributed by atoms with Gasteiger partial charge in [-0.3, -0.25) is 52.9 Å². The first-order valence-corrected chi connectivity index (χ1v) is 25.8. The molecule has 1 aliphatic heterocycles. The molecule has 3 aromatic rings. The molecule has 4 rings (SSSR count). The van der Waals surface area contributed by atoms with E-state index in [2.05, 4.69) is 57.5 Å². The number of hydrogen-bond acceptors (Lipinski definition) is 13. The van der Waals surface area contributed by atoms with Gasteiger partial charge in [0, 0.05) is 42.6 Å². The van der Waals surface area contributed by atoms with Crippen LogP contribution in [0.3, 0.4) is 0 Å². The molecule has 2 heterocycles. The van der Waals surface area contributed by atoms with Gasteiger partial charge in [-0.2, -0.15) is 0 Å². The van der Waals surface area contributed by atoms with E-state index in [-0.39, 0.29) is 56.8 Å². The number of primary amides is 2. The highest BCUT2D eigenvalue weighted by Crippen LogP contribution is 2.20. The average Bonchev–Trinajstić information content (AvgIpc) is 4.04. The molecule has 10 amide bonds. The second kappa shape index (κ2) is 29.9. The number of nitrogens with zero attached hydrogens (tertiary/aromatic N) is 2. The van der Waals surface area contributed by atoms with Crippen molar-refractivity contribution in [1.82, 2.24) is 47.5 Å². The summed E-state index contributed by atoms with van der Waals surface area (Å²) in [6.07, 6.45) is 4.40. The van der Waals surface area contributed by atoms with Crippen molar-refractivity contribution in [2.24, 2.45) is 44.9 Å². The van der Waals surface area contributed by atoms with Crippen molar-refractivity contribution >= 4 is 82.5 Å². The lowest BCUT2D eigenvalue weighted by Crippen LogP contribution is -2.59. The summed E-state index contributed by atoms with van der Waals surface area (Å²) in [6, 6.07) is 5.97. The Kier molecular flexibility index (Phi) is 23.9. The van der Waals surface area contributed by atoms with E-state index in [4.69, 9.17) is 17.2 Å². The van der Waals surface area contributed by atoms with E-state index in [1.807, 2.05) is 52.0 Å². The molecule has 1 aromatic heterocycles. The van der Waals surface area contributed by atoms with E-state index in [0.717, 1.165) is 16.5 Å². The number of aromatic nitrogens is 1. The monoisotopic (exact) mass is 1070 g/mol. The predicted octanol–water partition coefficient (Wildman–Crippen LogP) is -0.820. The highest BCUT2D eigenvalue weighted by Gasteiger charge is 2.34. The molecular weight excluding hydrogens is 993 g/mol. The summed E-state index contributed by atoms with van der Waals surface area (Å²) in [5.41, 5.74) is 19.4. The second-order valence-electron chi connectivity index (χ2n) is 20.4. The number of para-hydroxylation sites is 1. The van der Waals surface area contributed by atoms with Gasteiger partial charge in [0.25, 0.3) is 0 Å². The fourth-order valence-corrected chi connectivity index (χ4v) is 8.37. The Balaban J connectivity index is 1.45. The van der Waals surface area contributed by atoms with Gasteiger partial charge in [-0.1, -0.05) is 90.1 Å². The minimum atomic E-state index is -1.36. The third-order valence-corrected chi connectivity index (χ3v) is 12.5. The third-order valence-electron chi connectivity index (χ3n) is 12.5. The van der Waals surface area contributed by atoms with Crippen LogP contribution in [0.5, 0.6) is 0 Å². The van der Waals surface area contributed by atoms with Gasteiger partial charge in [0.15, 0.2) is 0 Å². The molecule has 0 spiro atoms. The van der Waals surface area contributed by atoms with E-state index in [1.54, 1.807) is 50.4 Å². The Bertz CT molecular complexity index is 2610. The lowest BCUT2D eigenvalue weighted by Gasteiger charge is -2.27. The van der Waals surface area contributed by atoms with Gasteiger partial charge in [-0.15, -0.1) is 0 Å². The molecule has 1 unspecified atom stereocenters. The maximum Gasteiger partial charge on any atom is 0.243 e. The summed E-state index contributed by atoms with van der Waals surface area (Å²) in [5.74, 6) is -8.12. The van der Waals surface area contributed by atoms with Gasteiger partial charge in [-0.05, 0) is 67.6 Å². The number of carbonyl (C=O) groups is 10. The topological polar surface area (TPSA) is 386 Å². The molecular formula is C53H76N14O10. The zero-order chi connectivity index (χ0) is 56.9. The van der Waals surface area contributed by atoms with Crippen LogP contribution in [-0.4, -0.2) is 138 Å². The third kappa shape index (κ3) is 20.2. The molecule has 0 saturated heterocycles. The number of carbonyl (C=O) groups excluding carboxylic acids is 10. The van der Waals surface area contributed by atoms with Crippen LogP contribution >= 0.6 is 0 Å². The van der Waals surface area contributed by atoms with Crippen LogP contribution in [0.1, 0.15) is 91.7 Å². The molecule has 2 aromatic carbocycles. The Hall–Kier alpha value is -8.02. The average molecular weight is 1070 g/mol. The maximum absolute atomic E-state index is 14.2. The Morgan fingerprint density at radius 1 is 0.610 bits per heavy atom. The number of hydrogen-bond donors (Lipinski definition) is 12. The van der Waals surface area contributed by atoms with E-state index in [1.165, 1.54) is 19.5 Å². The van der Waals surface area contributed by atoms with Gasteiger partial charge in [0.1, 0.15) is 48.6 Å². The zero-order valence-electron chi connectivity index (χ0n) is 44.7. The van der Waals surface area contributed by atoms with E-state index < -0.39 is 126 Å². The van der Waals surface area contributed by atoms with Crippen LogP contribution in [-0.2, 0) is 60.8 Å². The number of fused-ring (bicyclic) bond motifs is 1. The number of rotatable bonds is 31. The summed E-state index contributed by atoms with van der Waals surface area (Å²) < 4.78 is 0. The molecule has 15 N–H and O–H groups in total. The number of H-pyrrole nitrogens is 1. The number of benzene rings is 2. The first-order chi connectivity index (χ1) is 36.4. The summed E-state index contributed by atoms with van der Waals surface area (Å²) in [5, 5.41) is 21.7. The minimum Gasteiger partial charge on any atom is -0.370 e. The van der Waals surface area contributed by atoms with Crippen LogP contribution < -0.4 is 59.7 Å².